The third kappa shape index (κ3) is 3.61. The van der Waals surface area contributed by atoms with Gasteiger partial charge in [0.05, 0.1) is 12.0 Å². The standard InChI is InChI=1S/C20H28FN3O2/c1-3-22-11-13-23(14-12-22)20(26)16-9-10-18(25)24(4-2)19(16)15-7-5-6-8-17(15)21/h5-8,16,19H,3-4,9-14H2,1-2H3/t16-,19+/m1/s1. The van der Waals surface area contributed by atoms with Crippen LogP contribution in [-0.4, -0.2) is 65.8 Å². The molecular formula is C20H28FN3O2. The lowest BCUT2D eigenvalue weighted by atomic mass is 9.83. The molecule has 1 aromatic rings. The molecular weight excluding hydrogens is 333 g/mol. The van der Waals surface area contributed by atoms with Gasteiger partial charge in [0, 0.05) is 44.7 Å². The molecule has 0 spiro atoms. The summed E-state index contributed by atoms with van der Waals surface area (Å²) in [5.74, 6) is -0.669. The number of hydrogen-bond acceptors (Lipinski definition) is 3. The average molecular weight is 361 g/mol. The zero-order valence-corrected chi connectivity index (χ0v) is 15.7. The predicted molar refractivity (Wildman–Crippen MR) is 97.9 cm³/mol. The quantitative estimate of drug-likeness (QED) is 0.827. The molecule has 2 saturated heterocycles. The van der Waals surface area contributed by atoms with Crippen LogP contribution in [0, 0.1) is 11.7 Å². The maximum absolute atomic E-state index is 14.5. The van der Waals surface area contributed by atoms with Crippen molar-refractivity contribution in [2.75, 3.05) is 39.3 Å². The Morgan fingerprint density at radius 3 is 2.42 bits per heavy atom. The van der Waals surface area contributed by atoms with Gasteiger partial charge >= 0.3 is 0 Å². The van der Waals surface area contributed by atoms with Crippen LogP contribution in [0.4, 0.5) is 4.39 Å². The fourth-order valence-corrected chi connectivity index (χ4v) is 4.20. The lowest BCUT2D eigenvalue weighted by Crippen LogP contribution is -2.54. The minimum Gasteiger partial charge on any atom is -0.340 e. The highest BCUT2D eigenvalue weighted by atomic mass is 19.1. The van der Waals surface area contributed by atoms with E-state index in [4.69, 9.17) is 0 Å². The topological polar surface area (TPSA) is 43.9 Å². The van der Waals surface area contributed by atoms with Crippen molar-refractivity contribution < 1.29 is 14.0 Å². The highest BCUT2D eigenvalue weighted by Gasteiger charge is 2.42. The first-order valence-corrected chi connectivity index (χ1v) is 9.61. The zero-order chi connectivity index (χ0) is 18.7. The van der Waals surface area contributed by atoms with Gasteiger partial charge in [0.2, 0.25) is 11.8 Å². The van der Waals surface area contributed by atoms with Gasteiger partial charge in [-0.25, -0.2) is 4.39 Å². The summed E-state index contributed by atoms with van der Waals surface area (Å²) in [5.41, 5.74) is 0.452. The van der Waals surface area contributed by atoms with Gasteiger partial charge in [-0.05, 0) is 26.0 Å². The molecule has 0 saturated carbocycles. The Bertz CT molecular complexity index is 658. The maximum Gasteiger partial charge on any atom is 0.228 e. The monoisotopic (exact) mass is 361 g/mol. The van der Waals surface area contributed by atoms with E-state index in [1.165, 1.54) is 6.07 Å². The smallest absolute Gasteiger partial charge is 0.228 e. The molecule has 26 heavy (non-hydrogen) atoms. The third-order valence-electron chi connectivity index (χ3n) is 5.72. The van der Waals surface area contributed by atoms with E-state index in [1.807, 2.05) is 11.8 Å². The molecule has 0 N–H and O–H groups in total. The third-order valence-corrected chi connectivity index (χ3v) is 5.72. The Morgan fingerprint density at radius 1 is 1.12 bits per heavy atom. The van der Waals surface area contributed by atoms with Gasteiger partial charge < -0.3 is 14.7 Å². The minimum absolute atomic E-state index is 0.000561. The first kappa shape index (κ1) is 18.8. The van der Waals surface area contributed by atoms with Crippen LogP contribution in [0.25, 0.3) is 0 Å². The summed E-state index contributed by atoms with van der Waals surface area (Å²) in [5, 5.41) is 0. The molecule has 2 atom stereocenters. The van der Waals surface area contributed by atoms with Crippen LogP contribution < -0.4 is 0 Å². The van der Waals surface area contributed by atoms with Crippen LogP contribution in [0.2, 0.25) is 0 Å². The van der Waals surface area contributed by atoms with Gasteiger partial charge in [-0.15, -0.1) is 0 Å². The molecule has 2 aliphatic heterocycles. The second kappa shape index (κ2) is 8.16. The molecule has 2 aliphatic rings. The summed E-state index contributed by atoms with van der Waals surface area (Å²) in [4.78, 5) is 31.6. The first-order valence-electron chi connectivity index (χ1n) is 9.61. The van der Waals surface area contributed by atoms with Crippen LogP contribution in [0.1, 0.15) is 38.3 Å². The van der Waals surface area contributed by atoms with E-state index in [9.17, 15) is 14.0 Å². The second-order valence-electron chi connectivity index (χ2n) is 7.05. The van der Waals surface area contributed by atoms with Gasteiger partial charge in [0.15, 0.2) is 0 Å². The van der Waals surface area contributed by atoms with Crippen molar-refractivity contribution in [3.05, 3.63) is 35.6 Å². The van der Waals surface area contributed by atoms with E-state index in [0.717, 1.165) is 19.6 Å². The molecule has 3 rings (SSSR count). The summed E-state index contributed by atoms with van der Waals surface area (Å²) >= 11 is 0. The molecule has 6 heteroatoms. The van der Waals surface area contributed by atoms with Crippen molar-refractivity contribution in [2.24, 2.45) is 5.92 Å². The summed E-state index contributed by atoms with van der Waals surface area (Å²) in [6, 6.07) is 6.01. The molecule has 0 aromatic heterocycles. The summed E-state index contributed by atoms with van der Waals surface area (Å²) in [6.45, 7) is 8.62. The molecule has 0 radical (unpaired) electrons. The number of piperazine rings is 1. The Morgan fingerprint density at radius 2 is 1.81 bits per heavy atom. The highest BCUT2D eigenvalue weighted by Crippen LogP contribution is 2.38. The number of benzene rings is 1. The van der Waals surface area contributed by atoms with Gasteiger partial charge in [0.1, 0.15) is 5.82 Å². The number of hydrogen-bond donors (Lipinski definition) is 0. The maximum atomic E-state index is 14.5. The number of nitrogens with zero attached hydrogens (tertiary/aromatic N) is 3. The average Bonchev–Trinajstić information content (AvgIpc) is 2.67. The van der Waals surface area contributed by atoms with Crippen molar-refractivity contribution in [1.29, 1.82) is 0 Å². The number of halogens is 1. The van der Waals surface area contributed by atoms with Gasteiger partial charge in [-0.2, -0.15) is 0 Å². The molecule has 0 unspecified atom stereocenters. The van der Waals surface area contributed by atoms with Crippen LogP contribution in [0.5, 0.6) is 0 Å². The molecule has 2 amide bonds. The largest absolute Gasteiger partial charge is 0.340 e. The Balaban J connectivity index is 1.87. The number of rotatable bonds is 4. The van der Waals surface area contributed by atoms with E-state index in [2.05, 4.69) is 11.8 Å². The van der Waals surface area contributed by atoms with E-state index in [-0.39, 0.29) is 23.5 Å². The molecule has 0 aliphatic carbocycles. The molecule has 5 nitrogen and oxygen atoms in total. The molecule has 1 aromatic carbocycles. The van der Waals surface area contributed by atoms with E-state index < -0.39 is 6.04 Å². The van der Waals surface area contributed by atoms with E-state index >= 15 is 0 Å². The Hall–Kier alpha value is -1.95. The highest BCUT2D eigenvalue weighted by molar-refractivity contribution is 5.85. The van der Waals surface area contributed by atoms with Crippen molar-refractivity contribution in [3.63, 3.8) is 0 Å². The number of amides is 2. The van der Waals surface area contributed by atoms with Crippen molar-refractivity contribution in [3.8, 4) is 0 Å². The van der Waals surface area contributed by atoms with Crippen molar-refractivity contribution in [1.82, 2.24) is 14.7 Å². The zero-order valence-electron chi connectivity index (χ0n) is 15.7. The minimum atomic E-state index is -0.515. The number of likely N-dealkylation sites (N-methyl/N-ethyl adjacent to an activating group) is 1. The summed E-state index contributed by atoms with van der Waals surface area (Å²) in [6.07, 6.45) is 0.839. The van der Waals surface area contributed by atoms with Crippen LogP contribution >= 0.6 is 0 Å². The van der Waals surface area contributed by atoms with E-state index in [0.29, 0.717) is 38.0 Å². The van der Waals surface area contributed by atoms with Gasteiger partial charge in [-0.3, -0.25) is 9.59 Å². The predicted octanol–water partition coefficient (Wildman–Crippen LogP) is 2.29. The molecule has 2 heterocycles. The normalized spacial score (nSPS) is 24.8. The second-order valence-corrected chi connectivity index (χ2v) is 7.05. The number of carbonyl (C=O) groups is 2. The van der Waals surface area contributed by atoms with Crippen LogP contribution in [-0.2, 0) is 9.59 Å². The van der Waals surface area contributed by atoms with Crippen LogP contribution in [0.15, 0.2) is 24.3 Å². The first-order chi connectivity index (χ1) is 12.6. The van der Waals surface area contributed by atoms with E-state index in [1.54, 1.807) is 23.1 Å². The number of carbonyl (C=O) groups excluding carboxylic acids is 2. The molecule has 0 bridgehead atoms. The summed E-state index contributed by atoms with van der Waals surface area (Å²) < 4.78 is 14.5. The fourth-order valence-electron chi connectivity index (χ4n) is 4.20. The lowest BCUT2D eigenvalue weighted by Gasteiger charge is -2.43. The Kier molecular flexibility index (Phi) is 5.91. The van der Waals surface area contributed by atoms with Gasteiger partial charge in [0.25, 0.3) is 0 Å². The Labute approximate surface area is 154 Å². The SMILES string of the molecule is CCN1CCN(C(=O)[C@@H]2CCC(=O)N(CC)[C@H]2c2ccccc2F)CC1. The molecule has 142 valence electrons. The van der Waals surface area contributed by atoms with Crippen LogP contribution in [0.3, 0.4) is 0 Å². The summed E-state index contributed by atoms with van der Waals surface area (Å²) in [7, 11) is 0. The van der Waals surface area contributed by atoms with Crippen molar-refractivity contribution >= 4 is 11.8 Å². The lowest BCUT2D eigenvalue weighted by molar-refractivity contribution is -0.149. The number of likely N-dealkylation sites (tertiary alicyclic amines) is 1. The fraction of sp³-hybridized carbons (Fsp3) is 0.600. The van der Waals surface area contributed by atoms with Gasteiger partial charge in [-0.1, -0.05) is 25.1 Å². The van der Waals surface area contributed by atoms with Crippen molar-refractivity contribution in [2.45, 2.75) is 32.7 Å². The molecule has 2 fully saturated rings. The number of piperidine rings is 1.